The number of amides is 1. The van der Waals surface area contributed by atoms with Gasteiger partial charge < -0.3 is 19.8 Å². The Hall–Kier alpha value is -1.30. The Kier molecular flexibility index (Phi) is 5.23. The minimum atomic E-state index is -1.14. The molecule has 0 aliphatic heterocycles. The molecule has 0 aliphatic rings. The van der Waals surface area contributed by atoms with E-state index < -0.39 is 30.2 Å². The number of hydrogen-bond donors (Lipinski definition) is 2. The summed E-state index contributed by atoms with van der Waals surface area (Å²) in [6.07, 6.45) is -0.604. The zero-order valence-corrected chi connectivity index (χ0v) is 10.1. The highest BCUT2D eigenvalue weighted by Crippen LogP contribution is 2.10. The molecule has 0 saturated heterocycles. The Balaban J connectivity index is 4.29. The van der Waals surface area contributed by atoms with Crippen molar-refractivity contribution < 1.29 is 24.5 Å². The molecule has 0 aromatic heterocycles. The van der Waals surface area contributed by atoms with Crippen LogP contribution in [0.15, 0.2) is 0 Å². The summed E-state index contributed by atoms with van der Waals surface area (Å²) in [6.45, 7) is 4.57. The molecule has 1 amide bonds. The Morgan fingerprint density at radius 3 is 2.19 bits per heavy atom. The van der Waals surface area contributed by atoms with Gasteiger partial charge in [0, 0.05) is 13.6 Å². The number of carbonyl (C=O) groups excluding carboxylic acids is 1. The molecule has 0 radical (unpaired) electrons. The van der Waals surface area contributed by atoms with E-state index in [1.165, 1.54) is 7.05 Å². The van der Waals surface area contributed by atoms with Crippen molar-refractivity contribution in [1.82, 2.24) is 4.90 Å². The summed E-state index contributed by atoms with van der Waals surface area (Å²) in [6, 6.07) is 0. The van der Waals surface area contributed by atoms with Crippen LogP contribution >= 0.6 is 0 Å². The first kappa shape index (κ1) is 14.7. The molecule has 0 fully saturated rings. The number of aliphatic carboxylic acids is 1. The zero-order chi connectivity index (χ0) is 12.9. The van der Waals surface area contributed by atoms with Gasteiger partial charge in [-0.05, 0) is 20.8 Å². The average molecular weight is 233 g/mol. The second kappa shape index (κ2) is 5.69. The van der Waals surface area contributed by atoms with Gasteiger partial charge in [-0.1, -0.05) is 0 Å². The third-order valence-corrected chi connectivity index (χ3v) is 1.77. The van der Waals surface area contributed by atoms with E-state index in [9.17, 15) is 9.59 Å². The van der Waals surface area contributed by atoms with Crippen molar-refractivity contribution in [1.29, 1.82) is 0 Å². The summed E-state index contributed by atoms with van der Waals surface area (Å²) < 4.78 is 5.04. The van der Waals surface area contributed by atoms with Gasteiger partial charge in [-0.25, -0.2) is 4.79 Å². The summed E-state index contributed by atoms with van der Waals surface area (Å²) >= 11 is 0. The van der Waals surface area contributed by atoms with Crippen molar-refractivity contribution >= 4 is 12.1 Å². The second-order valence-electron chi connectivity index (χ2n) is 4.58. The van der Waals surface area contributed by atoms with E-state index in [0.717, 1.165) is 4.90 Å². The van der Waals surface area contributed by atoms with E-state index in [-0.39, 0.29) is 6.54 Å². The van der Waals surface area contributed by atoms with Crippen LogP contribution in [0.3, 0.4) is 0 Å². The van der Waals surface area contributed by atoms with E-state index in [4.69, 9.17) is 14.9 Å². The lowest BCUT2D eigenvalue weighted by Gasteiger charge is -2.25. The lowest BCUT2D eigenvalue weighted by Crippen LogP contribution is -2.39. The van der Waals surface area contributed by atoms with Crippen molar-refractivity contribution in [2.24, 2.45) is 5.92 Å². The van der Waals surface area contributed by atoms with Gasteiger partial charge in [-0.2, -0.15) is 0 Å². The molecule has 0 heterocycles. The molecule has 16 heavy (non-hydrogen) atoms. The van der Waals surface area contributed by atoms with E-state index in [2.05, 4.69) is 0 Å². The number of ether oxygens (including phenoxy) is 1. The standard InChI is InChI=1S/C10H19NO5/c1-10(2,3)16-9(15)11(4)5-7(6-12)8(13)14/h7,12H,5-6H2,1-4H3,(H,13,14). The van der Waals surface area contributed by atoms with Crippen LogP contribution in [0.5, 0.6) is 0 Å². The van der Waals surface area contributed by atoms with E-state index in [1.54, 1.807) is 20.8 Å². The van der Waals surface area contributed by atoms with Crippen LogP contribution in [0.25, 0.3) is 0 Å². The highest BCUT2D eigenvalue weighted by molar-refractivity contribution is 5.72. The summed E-state index contributed by atoms with van der Waals surface area (Å²) in [5.41, 5.74) is -0.622. The van der Waals surface area contributed by atoms with Crippen LogP contribution in [0.1, 0.15) is 20.8 Å². The van der Waals surface area contributed by atoms with E-state index in [1.807, 2.05) is 0 Å². The number of carboxylic acid groups (broad SMARTS) is 1. The number of carbonyl (C=O) groups is 2. The van der Waals surface area contributed by atoms with Crippen LogP contribution in [-0.2, 0) is 9.53 Å². The summed E-state index contributed by atoms with van der Waals surface area (Å²) in [5.74, 6) is -2.13. The fraction of sp³-hybridized carbons (Fsp3) is 0.800. The fourth-order valence-corrected chi connectivity index (χ4v) is 0.959. The SMILES string of the molecule is CN(CC(CO)C(=O)O)C(=O)OC(C)(C)C. The maximum absolute atomic E-state index is 11.5. The monoisotopic (exact) mass is 233 g/mol. The molecule has 0 saturated carbocycles. The minimum Gasteiger partial charge on any atom is -0.481 e. The number of hydrogen-bond acceptors (Lipinski definition) is 4. The Morgan fingerprint density at radius 2 is 1.88 bits per heavy atom. The Labute approximate surface area is 94.8 Å². The number of rotatable bonds is 4. The quantitative estimate of drug-likeness (QED) is 0.740. The topological polar surface area (TPSA) is 87.1 Å². The average Bonchev–Trinajstić information content (AvgIpc) is 2.10. The molecule has 0 aromatic rings. The fourth-order valence-electron chi connectivity index (χ4n) is 0.959. The van der Waals surface area contributed by atoms with Crippen LogP contribution in [-0.4, -0.2) is 53.0 Å². The smallest absolute Gasteiger partial charge is 0.410 e. The first-order valence-electron chi connectivity index (χ1n) is 4.95. The van der Waals surface area contributed by atoms with Gasteiger partial charge in [0.2, 0.25) is 0 Å². The van der Waals surface area contributed by atoms with Gasteiger partial charge in [-0.3, -0.25) is 4.79 Å². The summed E-state index contributed by atoms with van der Waals surface area (Å²) in [5, 5.41) is 17.5. The van der Waals surface area contributed by atoms with Gasteiger partial charge >= 0.3 is 12.1 Å². The van der Waals surface area contributed by atoms with Crippen molar-refractivity contribution in [3.8, 4) is 0 Å². The normalized spacial score (nSPS) is 13.1. The summed E-state index contributed by atoms with van der Waals surface area (Å²) in [7, 11) is 1.43. The molecule has 6 heteroatoms. The maximum atomic E-state index is 11.5. The minimum absolute atomic E-state index is 0.0826. The van der Waals surface area contributed by atoms with Crippen molar-refractivity contribution in [2.45, 2.75) is 26.4 Å². The molecule has 1 unspecified atom stereocenters. The van der Waals surface area contributed by atoms with Gasteiger partial charge in [0.15, 0.2) is 0 Å². The predicted octanol–water partition coefficient (Wildman–Crippen LogP) is 0.546. The molecule has 6 nitrogen and oxygen atoms in total. The lowest BCUT2D eigenvalue weighted by atomic mass is 10.1. The Morgan fingerprint density at radius 1 is 1.38 bits per heavy atom. The Bertz CT molecular complexity index is 258. The first-order chi connectivity index (χ1) is 7.17. The van der Waals surface area contributed by atoms with Crippen molar-refractivity contribution in [3.05, 3.63) is 0 Å². The molecular weight excluding hydrogens is 214 g/mol. The van der Waals surface area contributed by atoms with Crippen LogP contribution in [0.2, 0.25) is 0 Å². The number of nitrogens with zero attached hydrogens (tertiary/aromatic N) is 1. The molecule has 0 bridgehead atoms. The largest absolute Gasteiger partial charge is 0.481 e. The van der Waals surface area contributed by atoms with Gasteiger partial charge in [0.25, 0.3) is 0 Å². The van der Waals surface area contributed by atoms with Crippen molar-refractivity contribution in [3.63, 3.8) is 0 Å². The molecule has 1 atom stereocenters. The highest BCUT2D eigenvalue weighted by Gasteiger charge is 2.24. The lowest BCUT2D eigenvalue weighted by molar-refractivity contribution is -0.143. The molecule has 0 spiro atoms. The molecule has 0 aliphatic carbocycles. The highest BCUT2D eigenvalue weighted by atomic mass is 16.6. The number of aliphatic hydroxyl groups excluding tert-OH is 1. The third-order valence-electron chi connectivity index (χ3n) is 1.77. The summed E-state index contributed by atoms with van der Waals surface area (Å²) in [4.78, 5) is 23.2. The van der Waals surface area contributed by atoms with Gasteiger partial charge in [-0.15, -0.1) is 0 Å². The second-order valence-corrected chi connectivity index (χ2v) is 4.58. The first-order valence-corrected chi connectivity index (χ1v) is 4.95. The molecule has 0 aromatic carbocycles. The number of aliphatic hydroxyl groups is 1. The maximum Gasteiger partial charge on any atom is 0.410 e. The molecule has 2 N–H and O–H groups in total. The van der Waals surface area contributed by atoms with Crippen LogP contribution < -0.4 is 0 Å². The van der Waals surface area contributed by atoms with Gasteiger partial charge in [0.1, 0.15) is 5.60 Å². The molecule has 94 valence electrons. The zero-order valence-electron chi connectivity index (χ0n) is 10.1. The van der Waals surface area contributed by atoms with E-state index >= 15 is 0 Å². The van der Waals surface area contributed by atoms with Crippen molar-refractivity contribution in [2.75, 3.05) is 20.2 Å². The third kappa shape index (κ3) is 5.55. The molecule has 0 rings (SSSR count). The van der Waals surface area contributed by atoms with E-state index in [0.29, 0.717) is 0 Å². The number of carboxylic acids is 1. The van der Waals surface area contributed by atoms with Crippen LogP contribution in [0, 0.1) is 5.92 Å². The molecular formula is C10H19NO5. The van der Waals surface area contributed by atoms with Gasteiger partial charge in [0.05, 0.1) is 12.5 Å². The predicted molar refractivity (Wildman–Crippen MR) is 57.1 cm³/mol. The van der Waals surface area contributed by atoms with Crippen LogP contribution in [0.4, 0.5) is 4.79 Å².